The molecule has 0 bridgehead atoms. The molecule has 7 heteroatoms. The van der Waals surface area contributed by atoms with Gasteiger partial charge in [0, 0.05) is 30.8 Å². The van der Waals surface area contributed by atoms with Gasteiger partial charge in [0.05, 0.1) is 10.7 Å². The lowest BCUT2D eigenvalue weighted by atomic mass is 10.2. The second kappa shape index (κ2) is 7.10. The van der Waals surface area contributed by atoms with E-state index in [0.29, 0.717) is 36.3 Å². The minimum Gasteiger partial charge on any atom is -0.396 e. The van der Waals surface area contributed by atoms with E-state index < -0.39 is 5.82 Å². The molecule has 0 aliphatic heterocycles. The third-order valence-corrected chi connectivity index (χ3v) is 3.84. The summed E-state index contributed by atoms with van der Waals surface area (Å²) in [6.45, 7) is 0.723. The van der Waals surface area contributed by atoms with E-state index in [9.17, 15) is 4.39 Å². The monoisotopic (exact) mass is 336 g/mol. The van der Waals surface area contributed by atoms with Crippen molar-refractivity contribution < 1.29 is 9.50 Å². The predicted molar refractivity (Wildman–Crippen MR) is 88.9 cm³/mol. The first-order chi connectivity index (χ1) is 11.2. The number of benzene rings is 1. The van der Waals surface area contributed by atoms with E-state index in [4.69, 9.17) is 16.7 Å². The van der Waals surface area contributed by atoms with E-state index in [0.717, 1.165) is 18.5 Å². The van der Waals surface area contributed by atoms with Crippen LogP contribution in [0.2, 0.25) is 5.02 Å². The van der Waals surface area contributed by atoms with Crippen molar-refractivity contribution in [1.29, 1.82) is 0 Å². The molecule has 0 atom stereocenters. The molecule has 2 aromatic rings. The fraction of sp³-hybridized carbons (Fsp3) is 0.375. The normalized spacial score (nSPS) is 13.9. The molecule has 1 aliphatic rings. The second-order valence-corrected chi connectivity index (χ2v) is 5.94. The zero-order valence-electron chi connectivity index (χ0n) is 12.5. The van der Waals surface area contributed by atoms with E-state index >= 15 is 0 Å². The zero-order valence-corrected chi connectivity index (χ0v) is 13.3. The van der Waals surface area contributed by atoms with Gasteiger partial charge in [-0.25, -0.2) is 9.37 Å². The van der Waals surface area contributed by atoms with E-state index in [1.54, 1.807) is 6.07 Å². The first-order valence-electron chi connectivity index (χ1n) is 7.61. The summed E-state index contributed by atoms with van der Waals surface area (Å²) in [7, 11) is 0. The Morgan fingerprint density at radius 2 is 2.09 bits per heavy atom. The Hall–Kier alpha value is -1.92. The van der Waals surface area contributed by atoms with E-state index in [1.165, 1.54) is 12.1 Å². The van der Waals surface area contributed by atoms with Crippen molar-refractivity contribution in [2.24, 2.45) is 0 Å². The number of aliphatic hydroxyl groups excluding tert-OH is 1. The van der Waals surface area contributed by atoms with E-state index in [-0.39, 0.29) is 11.6 Å². The molecule has 5 nitrogen and oxygen atoms in total. The molecule has 1 fully saturated rings. The topological polar surface area (TPSA) is 70.1 Å². The highest BCUT2D eigenvalue weighted by atomic mass is 35.5. The van der Waals surface area contributed by atoms with Gasteiger partial charge < -0.3 is 15.7 Å². The van der Waals surface area contributed by atoms with Crippen LogP contribution in [0.5, 0.6) is 0 Å². The first-order valence-corrected chi connectivity index (χ1v) is 7.99. The SMILES string of the molecule is OCCCNc1nc(Nc2ccc(F)c(Cl)c2)cc(C2CC2)n1. The van der Waals surface area contributed by atoms with E-state index in [1.807, 2.05) is 6.07 Å². The number of hydrogen-bond donors (Lipinski definition) is 3. The highest BCUT2D eigenvalue weighted by Gasteiger charge is 2.26. The third kappa shape index (κ3) is 4.30. The predicted octanol–water partition coefficient (Wildman–Crippen LogP) is 3.68. The zero-order chi connectivity index (χ0) is 16.2. The van der Waals surface area contributed by atoms with Gasteiger partial charge in [-0.1, -0.05) is 11.6 Å². The second-order valence-electron chi connectivity index (χ2n) is 5.53. The third-order valence-electron chi connectivity index (χ3n) is 3.55. The lowest BCUT2D eigenvalue weighted by Crippen LogP contribution is -2.09. The highest BCUT2D eigenvalue weighted by Crippen LogP contribution is 2.40. The van der Waals surface area contributed by atoms with Crippen molar-refractivity contribution in [3.8, 4) is 0 Å². The molecule has 1 aliphatic carbocycles. The Morgan fingerprint density at radius 1 is 1.26 bits per heavy atom. The standard InChI is InChI=1S/C16H18ClFN4O/c17-12-8-11(4-5-13(12)18)20-15-9-14(10-2-3-10)21-16(22-15)19-6-1-7-23/h4-5,8-10,23H,1-3,6-7H2,(H2,19,20,21,22). The molecule has 0 radical (unpaired) electrons. The highest BCUT2D eigenvalue weighted by molar-refractivity contribution is 6.31. The summed E-state index contributed by atoms with van der Waals surface area (Å²) in [4.78, 5) is 8.92. The van der Waals surface area contributed by atoms with Gasteiger partial charge in [0.25, 0.3) is 0 Å². The Balaban J connectivity index is 1.80. The summed E-state index contributed by atoms with van der Waals surface area (Å²) >= 11 is 5.80. The van der Waals surface area contributed by atoms with Crippen molar-refractivity contribution in [3.05, 3.63) is 40.8 Å². The average Bonchev–Trinajstić information content (AvgIpc) is 3.36. The minimum absolute atomic E-state index is 0.0627. The Labute approximate surface area is 138 Å². The fourth-order valence-corrected chi connectivity index (χ4v) is 2.38. The van der Waals surface area contributed by atoms with Crippen LogP contribution in [0.15, 0.2) is 24.3 Å². The number of nitrogens with zero attached hydrogens (tertiary/aromatic N) is 2. The molecule has 1 aromatic carbocycles. The van der Waals surface area contributed by atoms with Gasteiger partial charge in [0.2, 0.25) is 5.95 Å². The van der Waals surface area contributed by atoms with Gasteiger partial charge in [-0.15, -0.1) is 0 Å². The van der Waals surface area contributed by atoms with Crippen molar-refractivity contribution in [1.82, 2.24) is 9.97 Å². The number of aromatic nitrogens is 2. The molecule has 122 valence electrons. The molecule has 1 aromatic heterocycles. The number of rotatable bonds is 7. The van der Waals surface area contributed by atoms with Gasteiger partial charge in [0.15, 0.2) is 0 Å². The molecule has 0 saturated heterocycles. The van der Waals surface area contributed by atoms with Gasteiger partial charge in [-0.2, -0.15) is 4.98 Å². The quantitative estimate of drug-likeness (QED) is 0.673. The molecular weight excluding hydrogens is 319 g/mol. The lowest BCUT2D eigenvalue weighted by Gasteiger charge is -2.11. The van der Waals surface area contributed by atoms with Crippen molar-refractivity contribution in [3.63, 3.8) is 0 Å². The molecule has 0 unspecified atom stereocenters. The fourth-order valence-electron chi connectivity index (χ4n) is 2.20. The Bertz CT molecular complexity index is 694. The van der Waals surface area contributed by atoms with Crippen molar-refractivity contribution in [2.45, 2.75) is 25.2 Å². The lowest BCUT2D eigenvalue weighted by molar-refractivity contribution is 0.292. The molecule has 1 saturated carbocycles. The summed E-state index contributed by atoms with van der Waals surface area (Å²) in [5, 5.41) is 15.2. The summed E-state index contributed by atoms with van der Waals surface area (Å²) in [6.07, 6.45) is 2.90. The molecule has 3 rings (SSSR count). The Morgan fingerprint density at radius 3 is 2.78 bits per heavy atom. The molecule has 0 spiro atoms. The number of anilines is 3. The number of aliphatic hydroxyl groups is 1. The maximum absolute atomic E-state index is 13.2. The summed E-state index contributed by atoms with van der Waals surface area (Å²) in [5.41, 5.74) is 1.65. The molecule has 3 N–H and O–H groups in total. The average molecular weight is 337 g/mol. The Kier molecular flexibility index (Phi) is 4.93. The molecule has 23 heavy (non-hydrogen) atoms. The summed E-state index contributed by atoms with van der Waals surface area (Å²) in [6, 6.07) is 6.36. The van der Waals surface area contributed by atoms with E-state index in [2.05, 4.69) is 20.6 Å². The van der Waals surface area contributed by atoms with Crippen molar-refractivity contribution >= 4 is 29.1 Å². The van der Waals surface area contributed by atoms with Gasteiger partial charge in [0.1, 0.15) is 11.6 Å². The number of hydrogen-bond acceptors (Lipinski definition) is 5. The number of nitrogens with one attached hydrogen (secondary N) is 2. The molecule has 1 heterocycles. The largest absolute Gasteiger partial charge is 0.396 e. The van der Waals surface area contributed by atoms with Crippen LogP contribution in [0.25, 0.3) is 0 Å². The molecule has 0 amide bonds. The van der Waals surface area contributed by atoms with Crippen LogP contribution in [0.3, 0.4) is 0 Å². The first kappa shape index (κ1) is 16.0. The van der Waals surface area contributed by atoms with Crippen LogP contribution in [0.4, 0.5) is 21.8 Å². The van der Waals surface area contributed by atoms with Crippen LogP contribution in [0, 0.1) is 5.82 Å². The van der Waals surface area contributed by atoms with Crippen LogP contribution < -0.4 is 10.6 Å². The van der Waals surface area contributed by atoms with Crippen LogP contribution in [-0.2, 0) is 0 Å². The van der Waals surface area contributed by atoms with Gasteiger partial charge >= 0.3 is 0 Å². The summed E-state index contributed by atoms with van der Waals surface area (Å²) < 4.78 is 13.2. The maximum atomic E-state index is 13.2. The van der Waals surface area contributed by atoms with Gasteiger partial charge in [-0.3, -0.25) is 0 Å². The molecular formula is C16H18ClFN4O. The van der Waals surface area contributed by atoms with Gasteiger partial charge in [-0.05, 0) is 37.5 Å². The van der Waals surface area contributed by atoms with Crippen LogP contribution in [-0.4, -0.2) is 28.2 Å². The van der Waals surface area contributed by atoms with Crippen LogP contribution in [0.1, 0.15) is 30.9 Å². The van der Waals surface area contributed by atoms with Crippen LogP contribution >= 0.6 is 11.6 Å². The summed E-state index contributed by atoms with van der Waals surface area (Å²) in [5.74, 6) is 1.19. The smallest absolute Gasteiger partial charge is 0.224 e. The van der Waals surface area contributed by atoms with Crippen molar-refractivity contribution in [2.75, 3.05) is 23.8 Å². The maximum Gasteiger partial charge on any atom is 0.224 e. The minimum atomic E-state index is -0.454. The number of halogens is 2.